The zero-order chi connectivity index (χ0) is 15.5. The van der Waals surface area contributed by atoms with Gasteiger partial charge in [0.25, 0.3) is 0 Å². The molecule has 0 saturated carbocycles. The van der Waals surface area contributed by atoms with Crippen LogP contribution in [-0.2, 0) is 17.5 Å². The Morgan fingerprint density at radius 1 is 1.27 bits per heavy atom. The van der Waals surface area contributed by atoms with Gasteiger partial charge in [0.1, 0.15) is 5.75 Å². The van der Waals surface area contributed by atoms with E-state index in [0.717, 1.165) is 28.8 Å². The molecule has 0 amide bonds. The topological polar surface area (TPSA) is 55.8 Å². The summed E-state index contributed by atoms with van der Waals surface area (Å²) in [7, 11) is 0.705. The minimum atomic E-state index is -0.889. The molecule has 0 saturated heterocycles. The van der Waals surface area contributed by atoms with Crippen LogP contribution in [0, 0.1) is 0 Å². The van der Waals surface area contributed by atoms with E-state index >= 15 is 0 Å². The third-order valence-corrected chi connectivity index (χ3v) is 3.90. The number of ketones is 1. The molecule has 3 rings (SSSR count). The van der Waals surface area contributed by atoms with Gasteiger partial charge in [0.2, 0.25) is 0 Å². The molecule has 0 spiro atoms. The van der Waals surface area contributed by atoms with Crippen LogP contribution in [0.15, 0.2) is 42.5 Å². The summed E-state index contributed by atoms with van der Waals surface area (Å²) in [6, 6.07) is 12.8. The molecule has 1 heterocycles. The third-order valence-electron chi connectivity index (χ3n) is 3.90. The summed E-state index contributed by atoms with van der Waals surface area (Å²) in [5.74, 6) is 0.763. The molecule has 0 aromatic heterocycles. The van der Waals surface area contributed by atoms with Crippen molar-refractivity contribution in [1.82, 2.24) is 0 Å². The van der Waals surface area contributed by atoms with E-state index in [-0.39, 0.29) is 5.78 Å². The highest BCUT2D eigenvalue weighted by molar-refractivity contribution is 6.60. The lowest BCUT2D eigenvalue weighted by Gasteiger charge is -2.19. The van der Waals surface area contributed by atoms with Crippen LogP contribution in [0.25, 0.3) is 0 Å². The maximum Gasteiger partial charge on any atom is 0.491 e. The summed E-state index contributed by atoms with van der Waals surface area (Å²) in [5, 5.41) is 9.87. The molecule has 0 bridgehead atoms. The summed E-state index contributed by atoms with van der Waals surface area (Å²) < 4.78 is 10.3. The van der Waals surface area contributed by atoms with E-state index in [1.807, 2.05) is 18.2 Å². The highest BCUT2D eigenvalue weighted by Gasteiger charge is 2.25. The van der Waals surface area contributed by atoms with Gasteiger partial charge in [0.05, 0.1) is 7.11 Å². The van der Waals surface area contributed by atoms with Crippen LogP contribution < -0.4 is 10.2 Å². The Hall–Kier alpha value is -2.11. The van der Waals surface area contributed by atoms with Crippen molar-refractivity contribution >= 4 is 18.4 Å². The van der Waals surface area contributed by atoms with Gasteiger partial charge < -0.3 is 14.4 Å². The van der Waals surface area contributed by atoms with Crippen molar-refractivity contribution in [2.24, 2.45) is 0 Å². The van der Waals surface area contributed by atoms with Gasteiger partial charge in [-0.15, -0.1) is 0 Å². The molecule has 22 heavy (non-hydrogen) atoms. The zero-order valence-electron chi connectivity index (χ0n) is 12.4. The number of fused-ring (bicyclic) bond motifs is 1. The van der Waals surface area contributed by atoms with E-state index in [0.29, 0.717) is 18.6 Å². The van der Waals surface area contributed by atoms with Gasteiger partial charge in [-0.1, -0.05) is 18.2 Å². The molecule has 0 fully saturated rings. The minimum absolute atomic E-state index is 0.0359. The Labute approximate surface area is 129 Å². The van der Waals surface area contributed by atoms with E-state index in [1.165, 1.54) is 0 Å². The second kappa shape index (κ2) is 6.34. The van der Waals surface area contributed by atoms with Gasteiger partial charge in [-0.2, -0.15) is 0 Å². The molecule has 2 aromatic carbocycles. The van der Waals surface area contributed by atoms with Crippen molar-refractivity contribution in [3.8, 4) is 5.75 Å². The van der Waals surface area contributed by atoms with Crippen LogP contribution in [0.2, 0.25) is 0 Å². The predicted molar refractivity (Wildman–Crippen MR) is 84.7 cm³/mol. The van der Waals surface area contributed by atoms with Crippen molar-refractivity contribution in [3.63, 3.8) is 0 Å². The van der Waals surface area contributed by atoms with Crippen LogP contribution in [0.5, 0.6) is 5.75 Å². The number of carbonyl (C=O) groups excluding carboxylic acids is 1. The molecule has 0 aliphatic carbocycles. The summed E-state index contributed by atoms with van der Waals surface area (Å²) in [6.45, 7) is 0.526. The average Bonchev–Trinajstić information content (AvgIpc) is 2.55. The van der Waals surface area contributed by atoms with Crippen molar-refractivity contribution in [1.29, 1.82) is 0 Å². The number of methoxy groups -OCH3 is 1. The average molecular weight is 296 g/mol. The van der Waals surface area contributed by atoms with Crippen molar-refractivity contribution in [2.75, 3.05) is 13.7 Å². The zero-order valence-corrected chi connectivity index (χ0v) is 12.4. The molecule has 0 radical (unpaired) electrons. The lowest BCUT2D eigenvalue weighted by Crippen LogP contribution is -2.41. The first-order valence-corrected chi connectivity index (χ1v) is 7.26. The Balaban J connectivity index is 1.77. The van der Waals surface area contributed by atoms with Gasteiger partial charge in [-0.05, 0) is 47.3 Å². The molecule has 0 unspecified atom stereocenters. The Morgan fingerprint density at radius 2 is 2.05 bits per heavy atom. The summed E-state index contributed by atoms with van der Waals surface area (Å²) >= 11 is 0. The van der Waals surface area contributed by atoms with E-state index < -0.39 is 7.12 Å². The van der Waals surface area contributed by atoms with Crippen LogP contribution in [0.3, 0.4) is 0 Å². The normalized spacial score (nSPS) is 13.6. The maximum atomic E-state index is 12.3. The van der Waals surface area contributed by atoms with Crippen LogP contribution in [-0.4, -0.2) is 31.6 Å². The van der Waals surface area contributed by atoms with Crippen molar-refractivity contribution in [3.05, 3.63) is 59.2 Å². The number of carbonyl (C=O) groups is 1. The minimum Gasteiger partial charge on any atom is -0.497 e. The highest BCUT2D eigenvalue weighted by atomic mass is 16.5. The first kappa shape index (κ1) is 14.8. The second-order valence-corrected chi connectivity index (χ2v) is 5.33. The van der Waals surface area contributed by atoms with Crippen LogP contribution in [0.1, 0.15) is 21.5 Å². The molecule has 0 atom stereocenters. The molecular weight excluding hydrogens is 279 g/mol. The SMILES string of the molecule is COc1ccc(C(=O)Cc2ccc3c(c2)B(O)OCC3)cc1. The fourth-order valence-corrected chi connectivity index (χ4v) is 2.65. The number of benzene rings is 2. The third kappa shape index (κ3) is 3.05. The number of rotatable bonds is 4. The summed E-state index contributed by atoms with van der Waals surface area (Å²) in [5.41, 5.74) is 3.38. The number of Topliss-reactive ketones (excluding diaryl/α,β-unsaturated/α-hetero) is 1. The first-order valence-electron chi connectivity index (χ1n) is 7.26. The van der Waals surface area contributed by atoms with Gasteiger partial charge >= 0.3 is 7.12 Å². The quantitative estimate of drug-likeness (QED) is 0.684. The Bertz CT molecular complexity index is 682. The standard InChI is InChI=1S/C17H17BO4/c1-21-15-6-4-14(5-7-15)17(19)11-12-2-3-13-8-9-22-18(20)16(13)10-12/h2-7,10,20H,8-9,11H2,1H3. The highest BCUT2D eigenvalue weighted by Crippen LogP contribution is 2.15. The first-order chi connectivity index (χ1) is 10.7. The summed E-state index contributed by atoms with van der Waals surface area (Å²) in [6.07, 6.45) is 1.09. The molecule has 4 nitrogen and oxygen atoms in total. The smallest absolute Gasteiger partial charge is 0.491 e. The number of hydrogen-bond acceptors (Lipinski definition) is 4. The lowest BCUT2D eigenvalue weighted by atomic mass is 9.73. The fourth-order valence-electron chi connectivity index (χ4n) is 2.65. The molecule has 1 aliphatic rings. The van der Waals surface area contributed by atoms with Crippen LogP contribution >= 0.6 is 0 Å². The predicted octanol–water partition coefficient (Wildman–Crippen LogP) is 1.38. The Kier molecular flexibility index (Phi) is 4.27. The molecular formula is C17H17BO4. The molecule has 1 N–H and O–H groups in total. The van der Waals surface area contributed by atoms with Gasteiger partial charge in [0.15, 0.2) is 5.78 Å². The number of hydrogen-bond donors (Lipinski definition) is 1. The lowest BCUT2D eigenvalue weighted by molar-refractivity contribution is 0.0993. The number of ether oxygens (including phenoxy) is 1. The molecule has 112 valence electrons. The Morgan fingerprint density at radius 3 is 2.77 bits per heavy atom. The largest absolute Gasteiger partial charge is 0.497 e. The summed E-state index contributed by atoms with van der Waals surface area (Å²) in [4.78, 5) is 12.3. The fraction of sp³-hybridized carbons (Fsp3) is 0.235. The second-order valence-electron chi connectivity index (χ2n) is 5.33. The van der Waals surface area contributed by atoms with Crippen LogP contribution in [0.4, 0.5) is 0 Å². The van der Waals surface area contributed by atoms with E-state index in [9.17, 15) is 9.82 Å². The van der Waals surface area contributed by atoms with E-state index in [1.54, 1.807) is 31.4 Å². The van der Waals surface area contributed by atoms with E-state index in [2.05, 4.69) is 0 Å². The van der Waals surface area contributed by atoms with Gasteiger partial charge in [0, 0.05) is 18.6 Å². The van der Waals surface area contributed by atoms with Crippen molar-refractivity contribution in [2.45, 2.75) is 12.8 Å². The molecule has 5 heteroatoms. The van der Waals surface area contributed by atoms with Crippen molar-refractivity contribution < 1.29 is 19.2 Å². The molecule has 1 aliphatic heterocycles. The maximum absolute atomic E-state index is 12.3. The monoisotopic (exact) mass is 296 g/mol. The van der Waals surface area contributed by atoms with Gasteiger partial charge in [-0.25, -0.2) is 0 Å². The van der Waals surface area contributed by atoms with E-state index in [4.69, 9.17) is 9.39 Å². The van der Waals surface area contributed by atoms with Gasteiger partial charge in [-0.3, -0.25) is 4.79 Å². The molecule has 2 aromatic rings.